The lowest BCUT2D eigenvalue weighted by Crippen LogP contribution is -2.47. The number of hydrogen-bond acceptors (Lipinski definition) is 5. The summed E-state index contributed by atoms with van der Waals surface area (Å²) in [5, 5.41) is 4.52. The van der Waals surface area contributed by atoms with E-state index in [1.54, 1.807) is 7.11 Å². The van der Waals surface area contributed by atoms with Gasteiger partial charge in [0.15, 0.2) is 0 Å². The Balaban J connectivity index is 1.48. The highest BCUT2D eigenvalue weighted by molar-refractivity contribution is 5.17. The minimum Gasteiger partial charge on any atom is -0.383 e. The van der Waals surface area contributed by atoms with Crippen LogP contribution < -0.4 is 0 Å². The molecule has 3 heterocycles. The predicted molar refractivity (Wildman–Crippen MR) is 136 cm³/mol. The van der Waals surface area contributed by atoms with Crippen LogP contribution in [-0.2, 0) is 31.3 Å². The number of methoxy groups -OCH3 is 1. The molecule has 1 saturated heterocycles. The zero-order valence-corrected chi connectivity index (χ0v) is 20.9. The molecular weight excluding hydrogens is 422 g/mol. The third kappa shape index (κ3) is 6.75. The van der Waals surface area contributed by atoms with Crippen molar-refractivity contribution in [1.29, 1.82) is 0 Å². The molecule has 3 aromatic rings. The number of nitrogens with zero attached hydrogens (tertiary/aromatic N) is 5. The van der Waals surface area contributed by atoms with Crippen LogP contribution in [0.5, 0.6) is 0 Å². The van der Waals surface area contributed by atoms with Gasteiger partial charge in [-0.2, -0.15) is 5.10 Å². The van der Waals surface area contributed by atoms with Gasteiger partial charge in [-0.3, -0.25) is 19.5 Å². The third-order valence-electron chi connectivity index (χ3n) is 7.12. The lowest BCUT2D eigenvalue weighted by Gasteiger charge is -2.41. The summed E-state index contributed by atoms with van der Waals surface area (Å²) >= 11 is 0. The summed E-state index contributed by atoms with van der Waals surface area (Å²) in [6.45, 7) is 7.88. The highest BCUT2D eigenvalue weighted by Crippen LogP contribution is 2.29. The first-order chi connectivity index (χ1) is 16.6. The van der Waals surface area contributed by atoms with Crippen molar-refractivity contribution in [2.24, 2.45) is 13.0 Å². The van der Waals surface area contributed by atoms with Crippen molar-refractivity contribution in [2.45, 2.75) is 45.3 Å². The summed E-state index contributed by atoms with van der Waals surface area (Å²) in [6, 6.07) is 17.6. The Kier molecular flexibility index (Phi) is 8.85. The number of aromatic nitrogens is 3. The van der Waals surface area contributed by atoms with Crippen LogP contribution in [0.1, 0.15) is 35.4 Å². The van der Waals surface area contributed by atoms with E-state index in [0.29, 0.717) is 12.0 Å². The van der Waals surface area contributed by atoms with E-state index < -0.39 is 0 Å². The van der Waals surface area contributed by atoms with Gasteiger partial charge in [0.2, 0.25) is 0 Å². The maximum atomic E-state index is 5.52. The van der Waals surface area contributed by atoms with Crippen LogP contribution in [0, 0.1) is 12.8 Å². The maximum absolute atomic E-state index is 5.52. The summed E-state index contributed by atoms with van der Waals surface area (Å²) in [6.07, 6.45) is 7.54. The molecule has 1 unspecified atom stereocenters. The molecule has 0 N–H and O–H groups in total. The van der Waals surface area contributed by atoms with Crippen molar-refractivity contribution in [2.75, 3.05) is 33.4 Å². The summed E-state index contributed by atoms with van der Waals surface area (Å²) in [7, 11) is 3.80. The van der Waals surface area contributed by atoms with Crippen LogP contribution in [0.3, 0.4) is 0 Å². The molecule has 6 heteroatoms. The zero-order chi connectivity index (χ0) is 23.8. The molecular formula is C28H39N5O. The van der Waals surface area contributed by atoms with Crippen molar-refractivity contribution < 1.29 is 4.74 Å². The van der Waals surface area contributed by atoms with Gasteiger partial charge in [0.05, 0.1) is 18.0 Å². The second-order valence-corrected chi connectivity index (χ2v) is 9.57. The Morgan fingerprint density at radius 2 is 1.85 bits per heavy atom. The Hall–Kier alpha value is -2.54. The molecule has 0 radical (unpaired) electrons. The molecule has 0 amide bonds. The Labute approximate surface area is 204 Å². The molecule has 4 rings (SSSR count). The predicted octanol–water partition coefficient (Wildman–Crippen LogP) is 4.10. The van der Waals surface area contributed by atoms with Gasteiger partial charge in [-0.1, -0.05) is 36.4 Å². The van der Waals surface area contributed by atoms with Crippen LogP contribution in [0.15, 0.2) is 60.9 Å². The Bertz CT molecular complexity index is 983. The average molecular weight is 462 g/mol. The molecule has 0 saturated carbocycles. The molecule has 0 aliphatic carbocycles. The molecule has 6 nitrogen and oxygen atoms in total. The summed E-state index contributed by atoms with van der Waals surface area (Å²) in [5.74, 6) is 0.645. The first kappa shape index (κ1) is 24.6. The van der Waals surface area contributed by atoms with Crippen molar-refractivity contribution in [3.05, 3.63) is 83.4 Å². The van der Waals surface area contributed by atoms with Gasteiger partial charge in [-0.25, -0.2) is 0 Å². The zero-order valence-electron chi connectivity index (χ0n) is 20.9. The fourth-order valence-electron chi connectivity index (χ4n) is 5.26. The molecule has 0 spiro atoms. The van der Waals surface area contributed by atoms with Crippen LogP contribution in [0.2, 0.25) is 0 Å². The van der Waals surface area contributed by atoms with E-state index >= 15 is 0 Å². The molecule has 34 heavy (non-hydrogen) atoms. The molecule has 0 bridgehead atoms. The van der Waals surface area contributed by atoms with E-state index in [-0.39, 0.29) is 0 Å². The fraction of sp³-hybridized carbons (Fsp3) is 0.500. The lowest BCUT2D eigenvalue weighted by atomic mass is 9.84. The highest BCUT2D eigenvalue weighted by atomic mass is 16.5. The van der Waals surface area contributed by atoms with Crippen molar-refractivity contribution in [3.8, 4) is 0 Å². The monoisotopic (exact) mass is 461 g/mol. The van der Waals surface area contributed by atoms with Gasteiger partial charge >= 0.3 is 0 Å². The van der Waals surface area contributed by atoms with Gasteiger partial charge in [0.25, 0.3) is 0 Å². The number of likely N-dealkylation sites (tertiary alicyclic amines) is 1. The SMILES string of the molecule is COCCN(Cc1ccccn1)C(Cc1ccccc1)C1CCN(Cc2cn(C)nc2C)CC1. The maximum Gasteiger partial charge on any atom is 0.0638 e. The van der Waals surface area contributed by atoms with E-state index in [1.165, 1.54) is 24.0 Å². The van der Waals surface area contributed by atoms with E-state index in [2.05, 4.69) is 75.5 Å². The van der Waals surface area contributed by atoms with Crippen LogP contribution in [-0.4, -0.2) is 64.0 Å². The minimum absolute atomic E-state index is 0.460. The smallest absolute Gasteiger partial charge is 0.0638 e. The number of hydrogen-bond donors (Lipinski definition) is 0. The van der Waals surface area contributed by atoms with Gasteiger partial charge in [-0.05, 0) is 62.9 Å². The first-order valence-electron chi connectivity index (χ1n) is 12.5. The van der Waals surface area contributed by atoms with Gasteiger partial charge in [0.1, 0.15) is 0 Å². The number of piperidine rings is 1. The third-order valence-corrected chi connectivity index (χ3v) is 7.12. The van der Waals surface area contributed by atoms with Crippen molar-refractivity contribution >= 4 is 0 Å². The molecule has 1 fully saturated rings. The van der Waals surface area contributed by atoms with Crippen LogP contribution >= 0.6 is 0 Å². The standard InChI is InChI=1S/C28H39N5O/c1-23-26(20-31(2)30-23)21-32-15-12-25(13-16-32)28(19-24-9-5-4-6-10-24)33(17-18-34-3)22-27-11-7-8-14-29-27/h4-11,14,20,25,28H,12-13,15-19,21-22H2,1-3H3. The van der Waals surface area contributed by atoms with Gasteiger partial charge < -0.3 is 4.74 Å². The summed E-state index contributed by atoms with van der Waals surface area (Å²) in [5.41, 5.74) is 5.02. The van der Waals surface area contributed by atoms with Crippen molar-refractivity contribution in [3.63, 3.8) is 0 Å². The fourth-order valence-corrected chi connectivity index (χ4v) is 5.26. The Morgan fingerprint density at radius 1 is 1.09 bits per heavy atom. The average Bonchev–Trinajstić information content (AvgIpc) is 3.18. The van der Waals surface area contributed by atoms with Gasteiger partial charge in [0, 0.05) is 57.8 Å². The number of aryl methyl sites for hydroxylation is 2. The van der Waals surface area contributed by atoms with Crippen molar-refractivity contribution in [1.82, 2.24) is 24.6 Å². The summed E-state index contributed by atoms with van der Waals surface area (Å²) in [4.78, 5) is 9.84. The molecule has 2 aromatic heterocycles. The second-order valence-electron chi connectivity index (χ2n) is 9.57. The second kappa shape index (κ2) is 12.2. The van der Waals surface area contributed by atoms with Crippen LogP contribution in [0.25, 0.3) is 0 Å². The Morgan fingerprint density at radius 3 is 2.50 bits per heavy atom. The molecule has 1 aliphatic rings. The number of pyridine rings is 1. The number of rotatable bonds is 11. The topological polar surface area (TPSA) is 46.4 Å². The van der Waals surface area contributed by atoms with E-state index in [9.17, 15) is 0 Å². The van der Waals surface area contributed by atoms with E-state index in [1.807, 2.05) is 24.0 Å². The number of ether oxygens (including phenoxy) is 1. The summed E-state index contributed by atoms with van der Waals surface area (Å²) < 4.78 is 7.45. The highest BCUT2D eigenvalue weighted by Gasteiger charge is 2.31. The molecule has 1 aromatic carbocycles. The van der Waals surface area contributed by atoms with E-state index in [0.717, 1.165) is 57.1 Å². The molecule has 1 atom stereocenters. The van der Waals surface area contributed by atoms with Gasteiger partial charge in [-0.15, -0.1) is 0 Å². The quantitative estimate of drug-likeness (QED) is 0.430. The minimum atomic E-state index is 0.460. The molecule has 1 aliphatic heterocycles. The first-order valence-corrected chi connectivity index (χ1v) is 12.5. The van der Waals surface area contributed by atoms with E-state index in [4.69, 9.17) is 4.74 Å². The molecule has 182 valence electrons. The largest absolute Gasteiger partial charge is 0.383 e. The number of benzene rings is 1. The normalized spacial score (nSPS) is 16.2. The van der Waals surface area contributed by atoms with Crippen LogP contribution in [0.4, 0.5) is 0 Å². The lowest BCUT2D eigenvalue weighted by molar-refractivity contribution is 0.0563.